The number of nitrogens with one attached hydrogen (secondary N) is 2. The first kappa shape index (κ1) is 23.1. The third-order valence-corrected chi connectivity index (χ3v) is 6.73. The summed E-state index contributed by atoms with van der Waals surface area (Å²) in [5, 5.41) is 2.80. The van der Waals surface area contributed by atoms with Crippen molar-refractivity contribution in [3.8, 4) is 0 Å². The molecule has 34 heavy (non-hydrogen) atoms. The van der Waals surface area contributed by atoms with Gasteiger partial charge in [0.2, 0.25) is 0 Å². The summed E-state index contributed by atoms with van der Waals surface area (Å²) in [6.45, 7) is 1.64. The number of benzene rings is 3. The SMILES string of the molecule is Cc1ccc(C(=O)Nc2ccc(Cc3ccncc3)cc2)cc1S(=O)(=O)Nc1ccc(F)cc1. The Hall–Kier alpha value is -4.04. The van der Waals surface area contributed by atoms with Gasteiger partial charge in [-0.3, -0.25) is 14.5 Å². The van der Waals surface area contributed by atoms with Crippen molar-refractivity contribution in [2.24, 2.45) is 0 Å². The lowest BCUT2D eigenvalue weighted by molar-refractivity contribution is 0.102. The lowest BCUT2D eigenvalue weighted by Crippen LogP contribution is -2.17. The van der Waals surface area contributed by atoms with Crippen LogP contribution in [0.4, 0.5) is 15.8 Å². The summed E-state index contributed by atoms with van der Waals surface area (Å²) in [4.78, 5) is 16.8. The second-order valence-electron chi connectivity index (χ2n) is 7.78. The molecule has 0 spiro atoms. The van der Waals surface area contributed by atoms with Crippen LogP contribution in [0, 0.1) is 12.7 Å². The normalized spacial score (nSPS) is 11.1. The zero-order valence-corrected chi connectivity index (χ0v) is 19.1. The minimum Gasteiger partial charge on any atom is -0.322 e. The van der Waals surface area contributed by atoms with Crippen LogP contribution in [0.2, 0.25) is 0 Å². The number of anilines is 2. The van der Waals surface area contributed by atoms with E-state index in [9.17, 15) is 17.6 Å². The maximum absolute atomic E-state index is 13.1. The maximum atomic E-state index is 13.1. The first-order chi connectivity index (χ1) is 16.3. The standard InChI is InChI=1S/C26H22FN3O3S/c1-18-2-5-21(17-25(18)34(32,33)30-24-10-6-22(27)7-11-24)26(31)29-23-8-3-19(4-9-23)16-20-12-14-28-15-13-20/h2-15,17,30H,16H2,1H3,(H,29,31). The van der Waals surface area contributed by atoms with Crippen LogP contribution in [0.15, 0.2) is 96.2 Å². The molecule has 1 aromatic heterocycles. The molecule has 1 amide bonds. The van der Waals surface area contributed by atoms with E-state index in [1.54, 1.807) is 43.6 Å². The smallest absolute Gasteiger partial charge is 0.262 e. The van der Waals surface area contributed by atoms with Crippen LogP contribution in [0.5, 0.6) is 0 Å². The number of amides is 1. The molecule has 0 atom stereocenters. The van der Waals surface area contributed by atoms with Gasteiger partial charge in [-0.1, -0.05) is 18.2 Å². The number of rotatable bonds is 7. The van der Waals surface area contributed by atoms with Crippen molar-refractivity contribution < 1.29 is 17.6 Å². The van der Waals surface area contributed by atoms with Crippen LogP contribution in [0.25, 0.3) is 0 Å². The topological polar surface area (TPSA) is 88.2 Å². The molecule has 8 heteroatoms. The number of hydrogen-bond donors (Lipinski definition) is 2. The van der Waals surface area contributed by atoms with Crippen molar-refractivity contribution in [2.75, 3.05) is 10.0 Å². The Labute approximate surface area is 197 Å². The summed E-state index contributed by atoms with van der Waals surface area (Å²) in [7, 11) is -3.98. The number of carbonyl (C=O) groups is 1. The molecule has 1 heterocycles. The highest BCUT2D eigenvalue weighted by Gasteiger charge is 2.19. The van der Waals surface area contributed by atoms with E-state index in [0.717, 1.165) is 29.7 Å². The molecule has 3 aromatic carbocycles. The van der Waals surface area contributed by atoms with E-state index in [1.807, 2.05) is 24.3 Å². The molecule has 0 saturated carbocycles. The molecule has 0 unspecified atom stereocenters. The molecule has 6 nitrogen and oxygen atoms in total. The second-order valence-corrected chi connectivity index (χ2v) is 9.43. The van der Waals surface area contributed by atoms with Crippen LogP contribution < -0.4 is 10.0 Å². The molecule has 0 aliphatic heterocycles. The van der Waals surface area contributed by atoms with Crippen LogP contribution in [0.1, 0.15) is 27.0 Å². The molecule has 172 valence electrons. The fourth-order valence-electron chi connectivity index (χ4n) is 3.40. The highest BCUT2D eigenvalue weighted by atomic mass is 32.2. The molecule has 2 N–H and O–H groups in total. The summed E-state index contributed by atoms with van der Waals surface area (Å²) in [6, 6.07) is 20.8. The summed E-state index contributed by atoms with van der Waals surface area (Å²) in [5.41, 5.74) is 3.71. The van der Waals surface area contributed by atoms with Crippen molar-refractivity contribution in [1.82, 2.24) is 4.98 Å². The molecule has 4 rings (SSSR count). The Kier molecular flexibility index (Phi) is 6.70. The van der Waals surface area contributed by atoms with E-state index in [2.05, 4.69) is 15.0 Å². The van der Waals surface area contributed by atoms with Crippen molar-refractivity contribution in [3.63, 3.8) is 0 Å². The average molecular weight is 476 g/mol. The third-order valence-electron chi connectivity index (χ3n) is 5.21. The molecule has 4 aromatic rings. The number of aromatic nitrogens is 1. The fraction of sp³-hybridized carbons (Fsp3) is 0.0769. The minimum absolute atomic E-state index is 0.0304. The summed E-state index contributed by atoms with van der Waals surface area (Å²) in [6.07, 6.45) is 4.24. The Morgan fingerprint density at radius 1 is 0.853 bits per heavy atom. The average Bonchev–Trinajstić information content (AvgIpc) is 2.82. The molecular weight excluding hydrogens is 453 g/mol. The van der Waals surface area contributed by atoms with E-state index in [1.165, 1.54) is 18.2 Å². The zero-order chi connectivity index (χ0) is 24.1. The number of nitrogens with zero attached hydrogens (tertiary/aromatic N) is 1. The van der Waals surface area contributed by atoms with E-state index in [0.29, 0.717) is 11.3 Å². The first-order valence-corrected chi connectivity index (χ1v) is 12.0. The molecule has 0 bridgehead atoms. The van der Waals surface area contributed by atoms with Crippen LogP contribution in [-0.4, -0.2) is 19.3 Å². The van der Waals surface area contributed by atoms with Gasteiger partial charge in [0.15, 0.2) is 0 Å². The van der Waals surface area contributed by atoms with Crippen molar-refractivity contribution in [3.05, 3.63) is 119 Å². The van der Waals surface area contributed by atoms with Gasteiger partial charge in [0.05, 0.1) is 4.90 Å². The molecular formula is C26H22FN3O3S. The van der Waals surface area contributed by atoms with Gasteiger partial charge in [0, 0.05) is 29.3 Å². The van der Waals surface area contributed by atoms with E-state index >= 15 is 0 Å². The van der Waals surface area contributed by atoms with Gasteiger partial charge in [-0.05, 0) is 90.7 Å². The predicted octanol–water partition coefficient (Wildman–Crippen LogP) is 5.17. The molecule has 0 saturated heterocycles. The van der Waals surface area contributed by atoms with Crippen LogP contribution >= 0.6 is 0 Å². The van der Waals surface area contributed by atoms with Crippen molar-refractivity contribution in [1.29, 1.82) is 0 Å². The Bertz CT molecular complexity index is 1410. The van der Waals surface area contributed by atoms with Gasteiger partial charge >= 0.3 is 0 Å². The number of pyridine rings is 1. The number of aryl methyl sites for hydroxylation is 1. The number of sulfonamides is 1. The molecule has 0 radical (unpaired) electrons. The van der Waals surface area contributed by atoms with Gasteiger partial charge in [0.25, 0.3) is 15.9 Å². The van der Waals surface area contributed by atoms with Gasteiger partial charge in [-0.15, -0.1) is 0 Å². The largest absolute Gasteiger partial charge is 0.322 e. The van der Waals surface area contributed by atoms with Crippen molar-refractivity contribution in [2.45, 2.75) is 18.2 Å². The second kappa shape index (κ2) is 9.84. The quantitative estimate of drug-likeness (QED) is 0.386. The number of halogens is 1. The van der Waals surface area contributed by atoms with E-state index in [-0.39, 0.29) is 16.1 Å². The van der Waals surface area contributed by atoms with Crippen LogP contribution in [0.3, 0.4) is 0 Å². The van der Waals surface area contributed by atoms with Crippen LogP contribution in [-0.2, 0) is 16.4 Å². The lowest BCUT2D eigenvalue weighted by Gasteiger charge is -2.12. The first-order valence-electron chi connectivity index (χ1n) is 10.5. The zero-order valence-electron chi connectivity index (χ0n) is 18.3. The van der Waals surface area contributed by atoms with E-state index in [4.69, 9.17) is 0 Å². The van der Waals surface area contributed by atoms with Gasteiger partial charge in [-0.25, -0.2) is 12.8 Å². The summed E-state index contributed by atoms with van der Waals surface area (Å²) >= 11 is 0. The number of carbonyl (C=O) groups excluding carboxylic acids is 1. The monoisotopic (exact) mass is 475 g/mol. The summed E-state index contributed by atoms with van der Waals surface area (Å²) in [5.74, 6) is -0.900. The highest BCUT2D eigenvalue weighted by molar-refractivity contribution is 7.92. The molecule has 0 aliphatic rings. The Morgan fingerprint density at radius 3 is 2.15 bits per heavy atom. The third kappa shape index (κ3) is 5.65. The Morgan fingerprint density at radius 2 is 1.47 bits per heavy atom. The minimum atomic E-state index is -3.98. The lowest BCUT2D eigenvalue weighted by atomic mass is 10.1. The van der Waals surface area contributed by atoms with Gasteiger partial charge in [-0.2, -0.15) is 0 Å². The van der Waals surface area contributed by atoms with Gasteiger partial charge < -0.3 is 5.32 Å². The molecule has 0 aliphatic carbocycles. The number of hydrogen-bond acceptors (Lipinski definition) is 4. The maximum Gasteiger partial charge on any atom is 0.262 e. The summed E-state index contributed by atoms with van der Waals surface area (Å²) < 4.78 is 41.3. The Balaban J connectivity index is 1.48. The molecule has 0 fully saturated rings. The van der Waals surface area contributed by atoms with Gasteiger partial charge in [0.1, 0.15) is 5.82 Å². The fourth-order valence-corrected chi connectivity index (χ4v) is 4.73. The highest BCUT2D eigenvalue weighted by Crippen LogP contribution is 2.22. The van der Waals surface area contributed by atoms with Crippen molar-refractivity contribution >= 4 is 27.3 Å². The predicted molar refractivity (Wildman–Crippen MR) is 130 cm³/mol. The van der Waals surface area contributed by atoms with E-state index < -0.39 is 21.7 Å².